The molecule has 2 atom stereocenters. The second kappa shape index (κ2) is 13.3. The third-order valence-electron chi connectivity index (χ3n) is 3.75. The van der Waals surface area contributed by atoms with Gasteiger partial charge in [0.15, 0.2) is 0 Å². The maximum absolute atomic E-state index is 11.2. The van der Waals surface area contributed by atoms with Gasteiger partial charge in [-0.2, -0.15) is 4.68 Å². The van der Waals surface area contributed by atoms with Gasteiger partial charge in [0.05, 0.1) is 31.1 Å². The molecule has 0 bridgehead atoms. The van der Waals surface area contributed by atoms with E-state index in [-0.39, 0.29) is 12.5 Å². The van der Waals surface area contributed by atoms with Crippen molar-refractivity contribution in [1.82, 2.24) is 20.2 Å². The molecular weight excluding hydrogens is 410 g/mol. The lowest BCUT2D eigenvalue weighted by atomic mass is 10.3. The van der Waals surface area contributed by atoms with Crippen molar-refractivity contribution >= 4 is 23.4 Å². The topological polar surface area (TPSA) is 132 Å². The number of aromatic nitrogens is 4. The first-order valence-corrected chi connectivity index (χ1v) is 10.7. The molecule has 1 aromatic heterocycles. The minimum atomic E-state index is -0.655. The van der Waals surface area contributed by atoms with Crippen LogP contribution in [0.25, 0.3) is 5.69 Å². The fraction of sp³-hybridized carbons (Fsp3) is 0.579. The third-order valence-corrected chi connectivity index (χ3v) is 4.82. The number of nitrogens with one attached hydrogen (secondary N) is 1. The second-order valence-corrected chi connectivity index (χ2v) is 7.76. The van der Waals surface area contributed by atoms with Crippen LogP contribution in [-0.2, 0) is 14.3 Å². The van der Waals surface area contributed by atoms with Gasteiger partial charge in [0, 0.05) is 31.6 Å². The summed E-state index contributed by atoms with van der Waals surface area (Å²) in [6, 6.07) is 7.18. The van der Waals surface area contributed by atoms with Crippen molar-refractivity contribution < 1.29 is 24.5 Å². The number of carbonyl (C=O) groups excluding carboxylic acids is 1. The van der Waals surface area contributed by atoms with Gasteiger partial charge in [0.25, 0.3) is 0 Å². The van der Waals surface area contributed by atoms with Gasteiger partial charge >= 0.3 is 0 Å². The number of unbranched alkanes of at least 4 members (excludes halogenated alkanes) is 1. The summed E-state index contributed by atoms with van der Waals surface area (Å²) < 4.78 is 12.3. The van der Waals surface area contributed by atoms with E-state index >= 15 is 0 Å². The highest BCUT2D eigenvalue weighted by molar-refractivity contribution is 7.99. The van der Waals surface area contributed by atoms with Gasteiger partial charge in [-0.15, -0.1) is 5.10 Å². The van der Waals surface area contributed by atoms with Crippen LogP contribution in [0.2, 0.25) is 0 Å². The van der Waals surface area contributed by atoms with E-state index in [0.717, 1.165) is 12.8 Å². The zero-order chi connectivity index (χ0) is 21.8. The van der Waals surface area contributed by atoms with Crippen LogP contribution in [0.1, 0.15) is 26.7 Å². The number of ether oxygens (including phenoxy) is 2. The number of aliphatic hydroxyl groups excluding tert-OH is 2. The van der Waals surface area contributed by atoms with Crippen molar-refractivity contribution in [1.29, 1.82) is 0 Å². The number of thioether (sulfide) groups is 1. The molecule has 1 amide bonds. The van der Waals surface area contributed by atoms with Crippen molar-refractivity contribution in [3.8, 4) is 5.69 Å². The minimum Gasteiger partial charge on any atom is -0.391 e. The molecule has 0 radical (unpaired) electrons. The van der Waals surface area contributed by atoms with E-state index in [1.807, 2.05) is 6.07 Å². The van der Waals surface area contributed by atoms with Crippen LogP contribution in [0, 0.1) is 0 Å². The molecule has 0 fully saturated rings. The van der Waals surface area contributed by atoms with Gasteiger partial charge in [0.1, 0.15) is 0 Å². The fourth-order valence-electron chi connectivity index (χ4n) is 2.45. The molecular formula is C19H29N5O5S. The normalized spacial score (nSPS) is 13.2. The van der Waals surface area contributed by atoms with Crippen LogP contribution in [0.5, 0.6) is 0 Å². The number of nitrogens with zero attached hydrogens (tertiary/aromatic N) is 4. The SMILES string of the molecule is CC(=O)Nc1cccc(-n2nnnc2SCC(O)COCCCCOCC(C)O)c1. The van der Waals surface area contributed by atoms with E-state index < -0.39 is 12.2 Å². The van der Waals surface area contributed by atoms with Crippen LogP contribution in [0.15, 0.2) is 29.4 Å². The second-order valence-electron chi connectivity index (χ2n) is 6.78. The Balaban J connectivity index is 1.71. The van der Waals surface area contributed by atoms with Gasteiger partial charge in [-0.25, -0.2) is 0 Å². The first kappa shape index (κ1) is 24.2. The molecule has 30 heavy (non-hydrogen) atoms. The van der Waals surface area contributed by atoms with Crippen LogP contribution in [-0.4, -0.2) is 80.7 Å². The van der Waals surface area contributed by atoms with Gasteiger partial charge in [0.2, 0.25) is 11.1 Å². The number of benzene rings is 1. The molecule has 1 heterocycles. The summed E-state index contributed by atoms with van der Waals surface area (Å²) in [6.07, 6.45) is 0.556. The van der Waals surface area contributed by atoms with Crippen molar-refractivity contribution in [2.75, 3.05) is 37.5 Å². The van der Waals surface area contributed by atoms with Crippen LogP contribution in [0.4, 0.5) is 5.69 Å². The molecule has 1 aromatic carbocycles. The van der Waals surface area contributed by atoms with E-state index in [0.29, 0.717) is 42.1 Å². The Hall–Kier alpha value is -2.05. The summed E-state index contributed by atoms with van der Waals surface area (Å²) in [7, 11) is 0. The highest BCUT2D eigenvalue weighted by Gasteiger charge is 2.13. The summed E-state index contributed by atoms with van der Waals surface area (Å²) in [6.45, 7) is 4.81. The number of anilines is 1. The molecule has 2 unspecified atom stereocenters. The van der Waals surface area contributed by atoms with E-state index in [1.165, 1.54) is 18.7 Å². The number of rotatable bonds is 14. The standard InChI is InChI=1S/C19H29N5O5S/c1-14(25)11-28-8-3-4-9-29-12-18(27)13-30-19-21-22-23-24(19)17-7-5-6-16(10-17)20-15(2)26/h5-7,10,14,18,25,27H,3-4,8-9,11-13H2,1-2H3,(H,20,26). The maximum atomic E-state index is 11.2. The molecule has 0 aliphatic carbocycles. The predicted octanol–water partition coefficient (Wildman–Crippen LogP) is 1.27. The average Bonchev–Trinajstić information content (AvgIpc) is 3.16. The predicted molar refractivity (Wildman–Crippen MR) is 113 cm³/mol. The molecule has 11 heteroatoms. The van der Waals surface area contributed by atoms with Gasteiger partial charge < -0.3 is 25.0 Å². The molecule has 0 saturated heterocycles. The van der Waals surface area contributed by atoms with E-state index in [2.05, 4.69) is 20.8 Å². The van der Waals surface area contributed by atoms with Crippen molar-refractivity contribution in [3.05, 3.63) is 24.3 Å². The first-order valence-electron chi connectivity index (χ1n) is 9.76. The number of amides is 1. The molecule has 0 aliphatic rings. The third kappa shape index (κ3) is 9.18. The Labute approximate surface area is 180 Å². The quantitative estimate of drug-likeness (QED) is 0.294. The molecule has 3 N–H and O–H groups in total. The lowest BCUT2D eigenvalue weighted by molar-refractivity contribution is -0.114. The number of aliphatic hydroxyl groups is 2. The van der Waals surface area contributed by atoms with Gasteiger partial charge in [-0.3, -0.25) is 4.79 Å². The summed E-state index contributed by atoms with van der Waals surface area (Å²) in [5.41, 5.74) is 1.36. The summed E-state index contributed by atoms with van der Waals surface area (Å²) >= 11 is 1.32. The van der Waals surface area contributed by atoms with Crippen LogP contribution in [0.3, 0.4) is 0 Å². The van der Waals surface area contributed by atoms with Gasteiger partial charge in [-0.1, -0.05) is 17.8 Å². The summed E-state index contributed by atoms with van der Waals surface area (Å²) in [4.78, 5) is 11.2. The molecule has 0 spiro atoms. The highest BCUT2D eigenvalue weighted by Crippen LogP contribution is 2.21. The largest absolute Gasteiger partial charge is 0.391 e. The Morgan fingerprint density at radius 2 is 1.97 bits per heavy atom. The minimum absolute atomic E-state index is 0.158. The first-order chi connectivity index (χ1) is 14.5. The van der Waals surface area contributed by atoms with Crippen LogP contribution >= 0.6 is 11.8 Å². The maximum Gasteiger partial charge on any atom is 0.221 e. The Morgan fingerprint density at radius 3 is 2.67 bits per heavy atom. The summed E-state index contributed by atoms with van der Waals surface area (Å²) in [5, 5.41) is 34.2. The Bertz CT molecular complexity index is 773. The van der Waals surface area contributed by atoms with Crippen molar-refractivity contribution in [2.24, 2.45) is 0 Å². The Kier molecular flexibility index (Phi) is 10.7. The average molecular weight is 440 g/mol. The lowest BCUT2D eigenvalue weighted by Gasteiger charge is -2.11. The Morgan fingerprint density at radius 1 is 1.23 bits per heavy atom. The van der Waals surface area contributed by atoms with E-state index in [9.17, 15) is 9.90 Å². The highest BCUT2D eigenvalue weighted by atomic mass is 32.2. The zero-order valence-electron chi connectivity index (χ0n) is 17.2. The van der Waals surface area contributed by atoms with E-state index in [1.54, 1.807) is 29.8 Å². The summed E-state index contributed by atoms with van der Waals surface area (Å²) in [5.74, 6) is 0.220. The monoisotopic (exact) mass is 439 g/mol. The number of carbonyl (C=O) groups is 1. The number of tetrazole rings is 1. The van der Waals surface area contributed by atoms with Gasteiger partial charge in [-0.05, 0) is 48.4 Å². The molecule has 0 aliphatic heterocycles. The molecule has 166 valence electrons. The zero-order valence-corrected chi connectivity index (χ0v) is 18.0. The smallest absolute Gasteiger partial charge is 0.221 e. The fourth-order valence-corrected chi connectivity index (χ4v) is 3.25. The molecule has 2 rings (SSSR count). The van der Waals surface area contributed by atoms with Crippen molar-refractivity contribution in [3.63, 3.8) is 0 Å². The van der Waals surface area contributed by atoms with Crippen LogP contribution < -0.4 is 5.32 Å². The van der Waals surface area contributed by atoms with E-state index in [4.69, 9.17) is 14.6 Å². The number of hydrogen-bond acceptors (Lipinski definition) is 9. The van der Waals surface area contributed by atoms with Crippen molar-refractivity contribution in [2.45, 2.75) is 44.1 Å². The lowest BCUT2D eigenvalue weighted by Crippen LogP contribution is -2.19. The molecule has 2 aromatic rings. The molecule has 10 nitrogen and oxygen atoms in total. The molecule has 0 saturated carbocycles. The number of hydrogen-bond donors (Lipinski definition) is 3.